The number of rotatable bonds is 0. The fourth-order valence-electron chi connectivity index (χ4n) is 0.547. The first kappa shape index (κ1) is 4.93. The summed E-state index contributed by atoms with van der Waals surface area (Å²) in [5, 5.41) is 1.54. The van der Waals surface area contributed by atoms with Crippen LogP contribution < -0.4 is 0 Å². The normalized spacial score (nSPS) is 12.0. The van der Waals surface area contributed by atoms with Crippen molar-refractivity contribution < 1.29 is 0 Å². The third-order valence-electron chi connectivity index (χ3n) is 1.20. The molecule has 0 saturated carbocycles. The maximum absolute atomic E-state index is 2.27. The largest absolute Gasteiger partial charge is 0.125 e. The van der Waals surface area contributed by atoms with E-state index >= 15 is 0 Å². The van der Waals surface area contributed by atoms with Crippen LogP contribution in [0.4, 0.5) is 0 Å². The maximum atomic E-state index is 2.27. The van der Waals surface area contributed by atoms with Crippen molar-refractivity contribution in [2.45, 2.75) is 6.92 Å². The molecule has 1 unspecified atom stereocenters. The highest BCUT2D eigenvalue weighted by atomic mass is 31.1. The van der Waals surface area contributed by atoms with E-state index in [4.69, 9.17) is 0 Å². The van der Waals surface area contributed by atoms with Crippen LogP contribution in [0.25, 0.3) is 0 Å². The molecule has 0 spiro atoms. The summed E-state index contributed by atoms with van der Waals surface area (Å²) in [6, 6.07) is 4.33. The van der Waals surface area contributed by atoms with Crippen molar-refractivity contribution in [1.29, 1.82) is 0 Å². The van der Waals surface area contributed by atoms with Crippen LogP contribution in [-0.2, 0) is 6.66 Å². The van der Waals surface area contributed by atoms with Crippen molar-refractivity contribution in [2.24, 2.45) is 6.66 Å². The summed E-state index contributed by atoms with van der Waals surface area (Å²) in [6.07, 6.45) is 0. The summed E-state index contributed by atoms with van der Waals surface area (Å²) in [5.74, 6) is 2.27. The van der Waals surface area contributed by atoms with Crippen LogP contribution in [0, 0.1) is 6.92 Å². The van der Waals surface area contributed by atoms with E-state index in [0.29, 0.717) is 0 Å². The predicted molar refractivity (Wildman–Crippen MR) is 34.9 cm³/mol. The van der Waals surface area contributed by atoms with Gasteiger partial charge in [-0.3, -0.25) is 0 Å². The molecule has 1 aromatic rings. The van der Waals surface area contributed by atoms with Gasteiger partial charge >= 0.3 is 0 Å². The topological polar surface area (TPSA) is 0 Å². The second kappa shape index (κ2) is 1.71. The zero-order valence-electron chi connectivity index (χ0n) is 4.68. The molecule has 7 heavy (non-hydrogen) atoms. The molecule has 1 rings (SSSR count). The molecule has 0 saturated heterocycles. The van der Waals surface area contributed by atoms with E-state index in [1.54, 1.807) is 0 Å². The second-order valence-corrected chi connectivity index (χ2v) is 3.99. The molecule has 0 N–H and O–H groups in total. The van der Waals surface area contributed by atoms with Gasteiger partial charge in [0.1, 0.15) is 0 Å². The molecule has 1 heteroatoms. The molecule has 0 aliphatic carbocycles. The number of hydrogen-bond donors (Lipinski definition) is 0. The van der Waals surface area contributed by atoms with E-state index in [1.165, 1.54) is 5.30 Å². The van der Waals surface area contributed by atoms with Gasteiger partial charge in [-0.15, -0.1) is 7.53 Å². The van der Waals surface area contributed by atoms with Gasteiger partial charge in [-0.25, -0.2) is 0 Å². The fraction of sp³-hybridized carbons (Fsp3) is 0.333. The van der Waals surface area contributed by atoms with Crippen molar-refractivity contribution in [2.75, 3.05) is 0 Å². The first-order valence-electron chi connectivity index (χ1n) is 2.38. The van der Waals surface area contributed by atoms with Gasteiger partial charge in [0.15, 0.2) is 0 Å². The van der Waals surface area contributed by atoms with Crippen LogP contribution in [0.2, 0.25) is 0 Å². The molecule has 0 fully saturated rings. The van der Waals surface area contributed by atoms with Gasteiger partial charge in [-0.05, 0) is 24.7 Å². The monoisotopic (exact) mass is 112 g/mol. The van der Waals surface area contributed by atoms with Crippen LogP contribution in [0.1, 0.15) is 5.30 Å². The van der Waals surface area contributed by atoms with Gasteiger partial charge in [-0.2, -0.15) is 0 Å². The zero-order valence-corrected chi connectivity index (χ0v) is 5.57. The Bertz CT molecular complexity index is 136. The highest BCUT2D eigenvalue weighted by molar-refractivity contribution is 7.48. The van der Waals surface area contributed by atoms with Crippen LogP contribution >= 0.6 is 7.53 Å². The smallest absolute Gasteiger partial charge is 0.0256 e. The Labute approximate surface area is 45.2 Å². The van der Waals surface area contributed by atoms with E-state index in [9.17, 15) is 0 Å². The molecule has 0 aromatic carbocycles. The van der Waals surface area contributed by atoms with Crippen LogP contribution in [0.15, 0.2) is 17.9 Å². The van der Waals surface area contributed by atoms with Crippen molar-refractivity contribution in [3.8, 4) is 0 Å². The summed E-state index contributed by atoms with van der Waals surface area (Å²) < 4.78 is 0. The molecule has 0 radical (unpaired) electrons. The third-order valence-corrected chi connectivity index (χ3v) is 3.08. The molecular formula is C6H9P. The van der Waals surface area contributed by atoms with E-state index in [0.717, 1.165) is 0 Å². The summed E-state index contributed by atoms with van der Waals surface area (Å²) >= 11 is 0. The Morgan fingerprint density at radius 3 is 2.43 bits per heavy atom. The van der Waals surface area contributed by atoms with Crippen molar-refractivity contribution >= 4 is 7.53 Å². The Morgan fingerprint density at radius 2 is 2.29 bits per heavy atom. The molecule has 1 aromatic heterocycles. The first-order chi connectivity index (χ1) is 3.30. The third kappa shape index (κ3) is 0.863. The minimum Gasteiger partial charge on any atom is -0.125 e. The van der Waals surface area contributed by atoms with Gasteiger partial charge in [0.25, 0.3) is 0 Å². The minimum absolute atomic E-state index is 0.154. The highest BCUT2D eigenvalue weighted by Gasteiger charge is 1.84. The summed E-state index contributed by atoms with van der Waals surface area (Å²) in [6.45, 7) is 4.45. The van der Waals surface area contributed by atoms with Gasteiger partial charge in [0.05, 0.1) is 0 Å². The molecule has 0 amide bonds. The summed E-state index contributed by atoms with van der Waals surface area (Å²) in [7, 11) is 0.154. The molecule has 1 heterocycles. The minimum atomic E-state index is 0.154. The van der Waals surface area contributed by atoms with Gasteiger partial charge in [0.2, 0.25) is 0 Å². The molecule has 0 nitrogen and oxygen atoms in total. The highest BCUT2D eigenvalue weighted by Crippen LogP contribution is 2.27. The number of aryl methyl sites for hydroxylation is 2. The van der Waals surface area contributed by atoms with Crippen LogP contribution in [-0.4, -0.2) is 0 Å². The van der Waals surface area contributed by atoms with Crippen molar-refractivity contribution in [1.82, 2.24) is 0 Å². The van der Waals surface area contributed by atoms with Gasteiger partial charge < -0.3 is 0 Å². The average Bonchev–Trinajstić information content (AvgIpc) is 1.91. The van der Waals surface area contributed by atoms with E-state index in [1.807, 2.05) is 0 Å². The summed E-state index contributed by atoms with van der Waals surface area (Å²) in [4.78, 5) is 0. The van der Waals surface area contributed by atoms with Crippen LogP contribution in [0.3, 0.4) is 0 Å². The molecule has 0 aliphatic rings. The Balaban J connectivity index is 3.12. The zero-order chi connectivity index (χ0) is 5.28. The molecule has 0 aliphatic heterocycles. The lowest BCUT2D eigenvalue weighted by Crippen LogP contribution is -1.49. The average molecular weight is 112 g/mol. The van der Waals surface area contributed by atoms with E-state index in [-0.39, 0.29) is 7.53 Å². The van der Waals surface area contributed by atoms with Crippen molar-refractivity contribution in [3.63, 3.8) is 0 Å². The lowest BCUT2D eigenvalue weighted by Gasteiger charge is -1.83. The van der Waals surface area contributed by atoms with Gasteiger partial charge in [-0.1, -0.05) is 12.1 Å². The standard InChI is InChI=1S/C6H9P/c1-6-4-3-5-7(6)2/h3-5H,1-2H3. The second-order valence-electron chi connectivity index (χ2n) is 1.76. The van der Waals surface area contributed by atoms with E-state index in [2.05, 4.69) is 31.5 Å². The molecule has 1 atom stereocenters. The quantitative estimate of drug-likeness (QED) is 0.483. The van der Waals surface area contributed by atoms with Crippen molar-refractivity contribution in [3.05, 3.63) is 23.2 Å². The molecular weight excluding hydrogens is 103 g/mol. The maximum Gasteiger partial charge on any atom is -0.0256 e. The lowest BCUT2D eigenvalue weighted by atomic mass is 10.5. The SMILES string of the molecule is Cc1cccp1C. The Kier molecular flexibility index (Phi) is 1.21. The first-order valence-corrected chi connectivity index (χ1v) is 4.24. The fourth-order valence-corrected chi connectivity index (χ4v) is 1.45. The Hall–Kier alpha value is -0.220. The molecule has 38 valence electrons. The molecule has 0 bridgehead atoms. The lowest BCUT2D eigenvalue weighted by molar-refractivity contribution is 1.63. The van der Waals surface area contributed by atoms with Crippen LogP contribution in [0.5, 0.6) is 0 Å². The van der Waals surface area contributed by atoms with Gasteiger partial charge in [0, 0.05) is 0 Å². The predicted octanol–water partition coefficient (Wildman–Crippen LogP) is 2.52. The Morgan fingerprint density at radius 1 is 1.57 bits per heavy atom. The number of hydrogen-bond acceptors (Lipinski definition) is 0. The summed E-state index contributed by atoms with van der Waals surface area (Å²) in [5.41, 5.74) is 0. The van der Waals surface area contributed by atoms with E-state index < -0.39 is 0 Å².